The maximum atomic E-state index is 11.6. The van der Waals surface area contributed by atoms with Gasteiger partial charge in [-0.1, -0.05) is 6.07 Å². The van der Waals surface area contributed by atoms with E-state index in [9.17, 15) is 14.7 Å². The van der Waals surface area contributed by atoms with Crippen molar-refractivity contribution in [3.8, 4) is 5.75 Å². The molecule has 0 fully saturated rings. The zero-order chi connectivity index (χ0) is 12.8. The number of aromatic hydroxyl groups is 1. The number of phenols is 1. The van der Waals surface area contributed by atoms with Crippen molar-refractivity contribution in [2.24, 2.45) is 0 Å². The van der Waals surface area contributed by atoms with Gasteiger partial charge in [-0.2, -0.15) is 0 Å². The first kappa shape index (κ1) is 12.8. The summed E-state index contributed by atoms with van der Waals surface area (Å²) >= 11 is 0. The summed E-state index contributed by atoms with van der Waals surface area (Å²) in [5.74, 6) is -0.870. The van der Waals surface area contributed by atoms with Crippen molar-refractivity contribution in [1.82, 2.24) is 10.6 Å². The Hall–Kier alpha value is -2.24. The van der Waals surface area contributed by atoms with Crippen LogP contribution >= 0.6 is 0 Å². The first-order chi connectivity index (χ1) is 8.06. The van der Waals surface area contributed by atoms with E-state index in [1.807, 2.05) is 0 Å². The number of anilines is 1. The molecule has 0 unspecified atom stereocenters. The molecular formula is C11H15N3O3. The summed E-state index contributed by atoms with van der Waals surface area (Å²) in [6.45, 7) is 0.201. The fourth-order valence-electron chi connectivity index (χ4n) is 1.25. The van der Waals surface area contributed by atoms with E-state index in [4.69, 9.17) is 5.73 Å². The summed E-state index contributed by atoms with van der Waals surface area (Å²) in [5, 5.41) is 14.5. The van der Waals surface area contributed by atoms with Crippen molar-refractivity contribution >= 4 is 17.5 Å². The molecule has 0 aromatic heterocycles. The van der Waals surface area contributed by atoms with E-state index in [2.05, 4.69) is 10.6 Å². The Morgan fingerprint density at radius 1 is 1.41 bits per heavy atom. The van der Waals surface area contributed by atoms with Crippen LogP contribution in [0.5, 0.6) is 5.75 Å². The van der Waals surface area contributed by atoms with Gasteiger partial charge in [-0.05, 0) is 12.1 Å². The molecule has 5 N–H and O–H groups in total. The van der Waals surface area contributed by atoms with Gasteiger partial charge in [0.1, 0.15) is 0 Å². The molecule has 1 aromatic rings. The summed E-state index contributed by atoms with van der Waals surface area (Å²) in [4.78, 5) is 22.5. The summed E-state index contributed by atoms with van der Waals surface area (Å²) in [5.41, 5.74) is 5.70. The molecule has 0 heterocycles. The second-order valence-electron chi connectivity index (χ2n) is 3.42. The molecule has 2 amide bonds. The van der Waals surface area contributed by atoms with Crippen LogP contribution in [0.3, 0.4) is 0 Å². The molecule has 1 rings (SSSR count). The van der Waals surface area contributed by atoms with E-state index in [1.54, 1.807) is 6.07 Å². The Morgan fingerprint density at radius 3 is 2.76 bits per heavy atom. The predicted molar refractivity (Wildman–Crippen MR) is 63.5 cm³/mol. The third-order valence-electron chi connectivity index (χ3n) is 2.23. The van der Waals surface area contributed by atoms with Crippen molar-refractivity contribution < 1.29 is 14.7 Å². The van der Waals surface area contributed by atoms with Crippen molar-refractivity contribution in [2.45, 2.75) is 6.42 Å². The number of amides is 2. The van der Waals surface area contributed by atoms with Gasteiger partial charge < -0.3 is 21.5 Å². The van der Waals surface area contributed by atoms with Gasteiger partial charge in [-0.25, -0.2) is 0 Å². The minimum atomic E-state index is -0.460. The van der Waals surface area contributed by atoms with Crippen LogP contribution in [-0.4, -0.2) is 30.5 Å². The minimum Gasteiger partial charge on any atom is -0.505 e. The number of nitrogen functional groups attached to an aromatic ring is 1. The van der Waals surface area contributed by atoms with E-state index in [0.717, 1.165) is 0 Å². The molecular weight excluding hydrogens is 222 g/mol. The maximum Gasteiger partial charge on any atom is 0.255 e. The van der Waals surface area contributed by atoms with Crippen molar-refractivity contribution in [3.63, 3.8) is 0 Å². The van der Waals surface area contributed by atoms with Crippen LogP contribution in [0.25, 0.3) is 0 Å². The van der Waals surface area contributed by atoms with Gasteiger partial charge in [0.2, 0.25) is 5.91 Å². The summed E-state index contributed by atoms with van der Waals surface area (Å²) in [7, 11) is 1.52. The number of para-hydroxylation sites is 1. The van der Waals surface area contributed by atoms with Gasteiger partial charge in [0.25, 0.3) is 5.91 Å². The Balaban J connectivity index is 2.59. The number of nitrogens with two attached hydrogens (primary N) is 1. The average Bonchev–Trinajstić information content (AvgIpc) is 2.32. The van der Waals surface area contributed by atoms with E-state index in [-0.39, 0.29) is 35.9 Å². The lowest BCUT2D eigenvalue weighted by atomic mass is 10.1. The van der Waals surface area contributed by atoms with E-state index in [1.165, 1.54) is 19.2 Å². The number of hydrogen-bond acceptors (Lipinski definition) is 4. The number of phenolic OH excluding ortho intramolecular Hbond substituents is 1. The Labute approximate surface area is 98.8 Å². The second kappa shape index (κ2) is 5.74. The highest BCUT2D eigenvalue weighted by Crippen LogP contribution is 2.23. The highest BCUT2D eigenvalue weighted by molar-refractivity contribution is 5.98. The molecule has 0 aliphatic rings. The molecule has 0 aliphatic carbocycles. The third kappa shape index (κ3) is 3.37. The van der Waals surface area contributed by atoms with Crippen LogP contribution in [0, 0.1) is 0 Å². The van der Waals surface area contributed by atoms with Gasteiger partial charge >= 0.3 is 0 Å². The Bertz CT molecular complexity index is 432. The summed E-state index contributed by atoms with van der Waals surface area (Å²) < 4.78 is 0. The molecule has 0 saturated heterocycles. The molecule has 6 nitrogen and oxygen atoms in total. The number of carbonyl (C=O) groups excluding carboxylic acids is 2. The fourth-order valence-corrected chi connectivity index (χ4v) is 1.25. The lowest BCUT2D eigenvalue weighted by molar-refractivity contribution is -0.120. The zero-order valence-electron chi connectivity index (χ0n) is 9.49. The van der Waals surface area contributed by atoms with Crippen molar-refractivity contribution in [3.05, 3.63) is 23.8 Å². The largest absolute Gasteiger partial charge is 0.505 e. The third-order valence-corrected chi connectivity index (χ3v) is 2.23. The van der Waals surface area contributed by atoms with E-state index >= 15 is 0 Å². The number of benzene rings is 1. The summed E-state index contributed by atoms with van der Waals surface area (Å²) in [6.07, 6.45) is 0.186. The topological polar surface area (TPSA) is 104 Å². The van der Waals surface area contributed by atoms with Crippen LogP contribution < -0.4 is 16.4 Å². The first-order valence-electron chi connectivity index (χ1n) is 5.12. The number of nitrogens with one attached hydrogen (secondary N) is 2. The number of hydrogen-bond donors (Lipinski definition) is 4. The average molecular weight is 237 g/mol. The Morgan fingerprint density at radius 2 is 2.12 bits per heavy atom. The normalized spacial score (nSPS) is 9.71. The van der Waals surface area contributed by atoms with Crippen LogP contribution in [-0.2, 0) is 4.79 Å². The molecule has 92 valence electrons. The summed E-state index contributed by atoms with van der Waals surface area (Å²) in [6, 6.07) is 4.53. The van der Waals surface area contributed by atoms with Crippen LogP contribution in [0.4, 0.5) is 5.69 Å². The molecule has 0 radical (unpaired) electrons. The van der Waals surface area contributed by atoms with Gasteiger partial charge in [-0.15, -0.1) is 0 Å². The van der Waals surface area contributed by atoms with Crippen LogP contribution in [0.1, 0.15) is 16.8 Å². The molecule has 0 bridgehead atoms. The molecule has 1 aromatic carbocycles. The van der Waals surface area contributed by atoms with Crippen LogP contribution in [0.2, 0.25) is 0 Å². The highest BCUT2D eigenvalue weighted by atomic mass is 16.3. The van der Waals surface area contributed by atoms with Gasteiger partial charge in [0.15, 0.2) is 5.75 Å². The highest BCUT2D eigenvalue weighted by Gasteiger charge is 2.12. The fraction of sp³-hybridized carbons (Fsp3) is 0.273. The molecule has 0 saturated carbocycles. The number of carbonyl (C=O) groups is 2. The molecule has 17 heavy (non-hydrogen) atoms. The van der Waals surface area contributed by atoms with Crippen LogP contribution in [0.15, 0.2) is 18.2 Å². The molecule has 0 atom stereocenters. The second-order valence-corrected chi connectivity index (χ2v) is 3.42. The SMILES string of the molecule is CNC(=O)CCNC(=O)c1cccc(N)c1O. The zero-order valence-corrected chi connectivity index (χ0v) is 9.49. The van der Waals surface area contributed by atoms with E-state index < -0.39 is 5.91 Å². The maximum absolute atomic E-state index is 11.6. The molecule has 0 aliphatic heterocycles. The molecule has 6 heteroatoms. The smallest absolute Gasteiger partial charge is 0.255 e. The lowest BCUT2D eigenvalue weighted by Crippen LogP contribution is -2.29. The Kier molecular flexibility index (Phi) is 4.33. The molecule has 0 spiro atoms. The number of rotatable bonds is 4. The van der Waals surface area contributed by atoms with Crippen molar-refractivity contribution in [1.29, 1.82) is 0 Å². The van der Waals surface area contributed by atoms with Gasteiger partial charge in [0.05, 0.1) is 11.3 Å². The van der Waals surface area contributed by atoms with E-state index in [0.29, 0.717) is 0 Å². The first-order valence-corrected chi connectivity index (χ1v) is 5.12. The quantitative estimate of drug-likeness (QED) is 0.431. The predicted octanol–water partition coefficient (Wildman–Crippen LogP) is -0.160. The van der Waals surface area contributed by atoms with Gasteiger partial charge in [0, 0.05) is 20.0 Å². The van der Waals surface area contributed by atoms with Gasteiger partial charge in [-0.3, -0.25) is 9.59 Å². The van der Waals surface area contributed by atoms with Crippen molar-refractivity contribution in [2.75, 3.05) is 19.3 Å². The minimum absolute atomic E-state index is 0.0990. The monoisotopic (exact) mass is 237 g/mol. The lowest BCUT2D eigenvalue weighted by Gasteiger charge is -2.07. The standard InChI is InChI=1S/C11H15N3O3/c1-13-9(15)5-6-14-11(17)7-3-2-4-8(12)10(7)16/h2-4,16H,5-6,12H2,1H3,(H,13,15)(H,14,17).